The van der Waals surface area contributed by atoms with Gasteiger partial charge in [-0.05, 0) is 36.5 Å². The van der Waals surface area contributed by atoms with Crippen LogP contribution in [0.5, 0.6) is 0 Å². The summed E-state index contributed by atoms with van der Waals surface area (Å²) < 4.78 is 29.5. The van der Waals surface area contributed by atoms with Crippen LogP contribution in [0.2, 0.25) is 0 Å². The molecule has 1 atom stereocenters. The van der Waals surface area contributed by atoms with E-state index in [-0.39, 0.29) is 10.9 Å². The second kappa shape index (κ2) is 6.03. The van der Waals surface area contributed by atoms with Gasteiger partial charge >= 0.3 is 0 Å². The molecular formula is C17H19N5O2S. The molecule has 0 saturated heterocycles. The summed E-state index contributed by atoms with van der Waals surface area (Å²) in [4.78, 5) is 11.2. The lowest BCUT2D eigenvalue weighted by atomic mass is 9.80. The molecule has 3 aromatic rings. The molecule has 7 nitrogen and oxygen atoms in total. The van der Waals surface area contributed by atoms with E-state index in [2.05, 4.69) is 25.7 Å². The van der Waals surface area contributed by atoms with Crippen molar-refractivity contribution in [2.45, 2.75) is 30.2 Å². The lowest BCUT2D eigenvalue weighted by Crippen LogP contribution is -2.18. The second-order valence-corrected chi connectivity index (χ2v) is 7.94. The number of nitrogens with zero attached hydrogens (tertiary/aromatic N) is 3. The zero-order valence-electron chi connectivity index (χ0n) is 13.8. The van der Waals surface area contributed by atoms with Gasteiger partial charge in [-0.15, -0.1) is 0 Å². The van der Waals surface area contributed by atoms with Gasteiger partial charge in [-0.3, -0.25) is 4.72 Å². The standard InChI is InChI=1S/C17H19N5O2S/c1-22-9-17(20-11-22)25(23,24)21-15-7-3-4-12-13(15)5-2-6-14(12)16-8-18-10-19-16/h3-4,7-11,14,21H,2,5-6H2,1H3,(H,18,19). The van der Waals surface area contributed by atoms with Gasteiger partial charge in [0, 0.05) is 31.1 Å². The number of benzene rings is 1. The Kier molecular flexibility index (Phi) is 3.84. The highest BCUT2D eigenvalue weighted by Crippen LogP contribution is 2.39. The van der Waals surface area contributed by atoms with Crippen LogP contribution in [-0.2, 0) is 23.5 Å². The summed E-state index contributed by atoms with van der Waals surface area (Å²) in [5, 5.41) is 0.0218. The van der Waals surface area contributed by atoms with Gasteiger partial charge in [0.25, 0.3) is 10.0 Å². The Morgan fingerprint density at radius 1 is 1.36 bits per heavy atom. The summed E-state index contributed by atoms with van der Waals surface area (Å²) in [5.41, 5.74) is 3.89. The van der Waals surface area contributed by atoms with Crippen LogP contribution in [0.3, 0.4) is 0 Å². The number of nitrogens with one attached hydrogen (secondary N) is 2. The molecule has 0 aliphatic heterocycles. The first-order chi connectivity index (χ1) is 12.0. The predicted octanol–water partition coefficient (Wildman–Crippen LogP) is 2.41. The van der Waals surface area contributed by atoms with Crippen LogP contribution >= 0.6 is 0 Å². The van der Waals surface area contributed by atoms with Crippen molar-refractivity contribution in [3.05, 3.63) is 60.1 Å². The molecule has 0 amide bonds. The summed E-state index contributed by atoms with van der Waals surface area (Å²) in [7, 11) is -1.96. The minimum Gasteiger partial charge on any atom is -0.348 e. The highest BCUT2D eigenvalue weighted by Gasteiger charge is 2.26. The van der Waals surface area contributed by atoms with Crippen LogP contribution in [0.4, 0.5) is 5.69 Å². The topological polar surface area (TPSA) is 92.7 Å². The number of imidazole rings is 2. The van der Waals surface area contributed by atoms with Crippen molar-refractivity contribution >= 4 is 15.7 Å². The number of anilines is 1. The number of H-pyrrole nitrogens is 1. The lowest BCUT2D eigenvalue weighted by molar-refractivity contribution is 0.596. The van der Waals surface area contributed by atoms with E-state index in [4.69, 9.17) is 0 Å². The fourth-order valence-corrected chi connectivity index (χ4v) is 4.53. The first-order valence-corrected chi connectivity index (χ1v) is 9.64. The number of hydrogen-bond donors (Lipinski definition) is 2. The maximum absolute atomic E-state index is 12.6. The molecule has 0 bridgehead atoms. The first-order valence-electron chi connectivity index (χ1n) is 8.15. The first kappa shape index (κ1) is 15.9. The Morgan fingerprint density at radius 2 is 2.24 bits per heavy atom. The maximum atomic E-state index is 12.6. The van der Waals surface area contributed by atoms with Gasteiger partial charge in [-0.25, -0.2) is 9.97 Å². The number of hydrogen-bond acceptors (Lipinski definition) is 4. The molecule has 0 spiro atoms. The number of sulfonamides is 1. The summed E-state index contributed by atoms with van der Waals surface area (Å²) in [6, 6.07) is 5.77. The van der Waals surface area contributed by atoms with Crippen LogP contribution in [0.25, 0.3) is 0 Å². The van der Waals surface area contributed by atoms with E-state index in [1.165, 1.54) is 12.5 Å². The van der Waals surface area contributed by atoms with Crippen molar-refractivity contribution < 1.29 is 8.42 Å². The minimum absolute atomic E-state index is 0.0218. The maximum Gasteiger partial charge on any atom is 0.280 e. The normalized spacial score (nSPS) is 17.2. The third-order valence-electron chi connectivity index (χ3n) is 4.60. The molecule has 0 saturated carbocycles. The smallest absolute Gasteiger partial charge is 0.280 e. The van der Waals surface area contributed by atoms with E-state index in [1.54, 1.807) is 17.9 Å². The van der Waals surface area contributed by atoms with Crippen LogP contribution in [0.1, 0.15) is 35.6 Å². The summed E-state index contributed by atoms with van der Waals surface area (Å²) >= 11 is 0. The van der Waals surface area contributed by atoms with Crippen LogP contribution in [0.15, 0.2) is 48.3 Å². The molecule has 1 aromatic carbocycles. The van der Waals surface area contributed by atoms with Gasteiger partial charge in [0.05, 0.1) is 18.3 Å². The fraction of sp³-hybridized carbons (Fsp3) is 0.294. The monoisotopic (exact) mass is 357 g/mol. The van der Waals surface area contributed by atoms with Crippen molar-refractivity contribution in [3.8, 4) is 0 Å². The van der Waals surface area contributed by atoms with Crippen molar-refractivity contribution in [1.29, 1.82) is 0 Å². The van der Waals surface area contributed by atoms with E-state index in [0.29, 0.717) is 5.69 Å². The predicted molar refractivity (Wildman–Crippen MR) is 93.8 cm³/mol. The van der Waals surface area contributed by atoms with Crippen molar-refractivity contribution in [2.24, 2.45) is 7.05 Å². The molecule has 8 heteroatoms. The second-order valence-electron chi connectivity index (χ2n) is 6.31. The zero-order chi connectivity index (χ0) is 17.4. The minimum atomic E-state index is -3.70. The van der Waals surface area contributed by atoms with E-state index in [1.807, 2.05) is 18.3 Å². The summed E-state index contributed by atoms with van der Waals surface area (Å²) in [6.45, 7) is 0. The van der Waals surface area contributed by atoms with Crippen LogP contribution in [-0.4, -0.2) is 27.9 Å². The zero-order valence-corrected chi connectivity index (χ0v) is 14.6. The SMILES string of the molecule is Cn1cnc(S(=O)(=O)Nc2cccc3c2CCCC3c2cnc[nH]2)c1. The largest absolute Gasteiger partial charge is 0.348 e. The molecule has 2 N–H and O–H groups in total. The quantitative estimate of drug-likeness (QED) is 0.750. The van der Waals surface area contributed by atoms with Gasteiger partial charge in [-0.2, -0.15) is 8.42 Å². The molecule has 0 fully saturated rings. The van der Waals surface area contributed by atoms with Gasteiger partial charge in [-0.1, -0.05) is 12.1 Å². The van der Waals surface area contributed by atoms with E-state index in [0.717, 1.165) is 36.1 Å². The summed E-state index contributed by atoms with van der Waals surface area (Å²) in [6.07, 6.45) is 9.35. The third-order valence-corrected chi connectivity index (χ3v) is 5.85. The number of aromatic nitrogens is 4. The van der Waals surface area contributed by atoms with Crippen molar-refractivity contribution in [2.75, 3.05) is 4.72 Å². The van der Waals surface area contributed by atoms with Crippen molar-refractivity contribution in [1.82, 2.24) is 19.5 Å². The summed E-state index contributed by atoms with van der Waals surface area (Å²) in [5.74, 6) is 0.213. The molecule has 1 aliphatic rings. The van der Waals surface area contributed by atoms with Crippen LogP contribution < -0.4 is 4.72 Å². The molecule has 2 aromatic heterocycles. The number of rotatable bonds is 4. The molecule has 25 heavy (non-hydrogen) atoms. The number of aromatic amines is 1. The third kappa shape index (κ3) is 2.93. The van der Waals surface area contributed by atoms with Crippen LogP contribution in [0, 0.1) is 0 Å². The number of fused-ring (bicyclic) bond motifs is 1. The fourth-order valence-electron chi connectivity index (χ4n) is 3.45. The number of aryl methyl sites for hydroxylation is 1. The average Bonchev–Trinajstić information content (AvgIpc) is 3.26. The highest BCUT2D eigenvalue weighted by atomic mass is 32.2. The Balaban J connectivity index is 1.72. The van der Waals surface area contributed by atoms with Gasteiger partial charge in [0.2, 0.25) is 0 Å². The van der Waals surface area contributed by atoms with E-state index < -0.39 is 10.0 Å². The van der Waals surface area contributed by atoms with Gasteiger partial charge in [0.1, 0.15) is 0 Å². The van der Waals surface area contributed by atoms with Gasteiger partial charge < -0.3 is 9.55 Å². The molecule has 1 aliphatic carbocycles. The lowest BCUT2D eigenvalue weighted by Gasteiger charge is -2.26. The average molecular weight is 357 g/mol. The Labute approximate surface area is 146 Å². The van der Waals surface area contributed by atoms with Crippen molar-refractivity contribution in [3.63, 3.8) is 0 Å². The molecule has 130 valence electrons. The van der Waals surface area contributed by atoms with E-state index >= 15 is 0 Å². The molecular weight excluding hydrogens is 338 g/mol. The van der Waals surface area contributed by atoms with E-state index in [9.17, 15) is 8.42 Å². The molecule has 4 rings (SSSR count). The molecule has 1 unspecified atom stereocenters. The highest BCUT2D eigenvalue weighted by molar-refractivity contribution is 7.92. The Hall–Kier alpha value is -2.61. The Morgan fingerprint density at radius 3 is 2.96 bits per heavy atom. The molecule has 2 heterocycles. The van der Waals surface area contributed by atoms with Gasteiger partial charge in [0.15, 0.2) is 5.03 Å². The molecule has 0 radical (unpaired) electrons. The Bertz CT molecular complexity index is 992.